The maximum atomic E-state index is 2.39. The summed E-state index contributed by atoms with van der Waals surface area (Å²) in [6.07, 6.45) is 0. The Labute approximate surface area is 105 Å². The van der Waals surface area contributed by atoms with E-state index in [1.165, 1.54) is 16.2 Å². The van der Waals surface area contributed by atoms with E-state index in [1.54, 1.807) is 0 Å². The molecule has 2 aromatic rings. The number of hydrogen-bond acceptors (Lipinski definition) is 0. The van der Waals surface area contributed by atoms with Gasteiger partial charge < -0.3 is 0 Å². The highest BCUT2D eigenvalue weighted by Crippen LogP contribution is 2.36. The molecule has 0 N–H and O–H groups in total. The summed E-state index contributed by atoms with van der Waals surface area (Å²) in [6.45, 7) is 4.34. The predicted molar refractivity (Wildman–Crippen MR) is 78.5 cm³/mol. The molecule has 0 radical (unpaired) electrons. The van der Waals surface area contributed by atoms with Crippen molar-refractivity contribution in [2.75, 3.05) is 0 Å². The molecule has 86 valence electrons. The lowest BCUT2D eigenvalue weighted by molar-refractivity contribution is 1.41. The van der Waals surface area contributed by atoms with Gasteiger partial charge in [0, 0.05) is 0 Å². The maximum Gasteiger partial charge on any atom is -0.0157 e. The minimum Gasteiger partial charge on any atom is -0.0753 e. The minimum absolute atomic E-state index is 0.352. The van der Waals surface area contributed by atoms with Gasteiger partial charge in [0.25, 0.3) is 0 Å². The normalized spacial score (nSPS) is 10.3. The molecule has 0 saturated carbocycles. The summed E-state index contributed by atoms with van der Waals surface area (Å²) >= 11 is 0. The molecule has 0 atom stereocenters. The topological polar surface area (TPSA) is 0 Å². The van der Waals surface area contributed by atoms with Gasteiger partial charge in [0.2, 0.25) is 0 Å². The smallest absolute Gasteiger partial charge is 0.0157 e. The zero-order valence-electron chi connectivity index (χ0n) is 10.3. The van der Waals surface area contributed by atoms with Crippen molar-refractivity contribution in [3.05, 3.63) is 72.1 Å². The Morgan fingerprint density at radius 2 is 1.18 bits per heavy atom. The van der Waals surface area contributed by atoms with Crippen LogP contribution in [0.3, 0.4) is 0 Å². The van der Waals surface area contributed by atoms with Gasteiger partial charge in [0.05, 0.1) is 0 Å². The summed E-state index contributed by atoms with van der Waals surface area (Å²) in [6, 6.07) is 21.5. The van der Waals surface area contributed by atoms with Gasteiger partial charge in [-0.15, -0.1) is 0 Å². The molecule has 0 spiro atoms. The second kappa shape index (κ2) is 5.80. The molecule has 1 heteroatoms. The Morgan fingerprint density at radius 1 is 0.765 bits per heavy atom. The first kappa shape index (κ1) is 12.1. The number of rotatable bonds is 3. The van der Waals surface area contributed by atoms with Crippen LogP contribution in [0.2, 0.25) is 0 Å². The molecule has 0 aliphatic rings. The third-order valence-electron chi connectivity index (χ3n) is 2.46. The van der Waals surface area contributed by atoms with Crippen LogP contribution in [0.5, 0.6) is 0 Å². The Balaban J connectivity index is 2.43. The van der Waals surface area contributed by atoms with E-state index < -0.39 is 0 Å². The standard InChI is InChI=1S/C16H17P/c1-14(2)13-17(15-9-5-3-6-10-15)16-11-7-4-8-12-16/h3-13H,1-2H3. The van der Waals surface area contributed by atoms with Crippen LogP contribution in [0, 0.1) is 0 Å². The van der Waals surface area contributed by atoms with E-state index in [2.05, 4.69) is 80.3 Å². The molecule has 0 heterocycles. The fraction of sp³-hybridized carbons (Fsp3) is 0.125. The molecule has 2 rings (SSSR count). The van der Waals surface area contributed by atoms with Gasteiger partial charge in [-0.25, -0.2) is 0 Å². The van der Waals surface area contributed by atoms with Crippen LogP contribution in [-0.4, -0.2) is 0 Å². The van der Waals surface area contributed by atoms with E-state index in [4.69, 9.17) is 0 Å². The third kappa shape index (κ3) is 3.28. The summed E-state index contributed by atoms with van der Waals surface area (Å²) < 4.78 is 0. The summed E-state index contributed by atoms with van der Waals surface area (Å²) in [4.78, 5) is 0. The lowest BCUT2D eigenvalue weighted by atomic mass is 10.4. The molecule has 0 unspecified atom stereocenters. The van der Waals surface area contributed by atoms with E-state index in [0.717, 1.165) is 0 Å². The van der Waals surface area contributed by atoms with Crippen LogP contribution in [0.25, 0.3) is 0 Å². The van der Waals surface area contributed by atoms with Gasteiger partial charge in [-0.1, -0.05) is 72.1 Å². The Bertz CT molecular complexity index is 442. The van der Waals surface area contributed by atoms with Gasteiger partial charge in [0.15, 0.2) is 0 Å². The average Bonchev–Trinajstić information content (AvgIpc) is 2.38. The fourth-order valence-electron chi connectivity index (χ4n) is 1.73. The van der Waals surface area contributed by atoms with Crippen molar-refractivity contribution in [2.24, 2.45) is 0 Å². The Morgan fingerprint density at radius 3 is 1.53 bits per heavy atom. The van der Waals surface area contributed by atoms with Gasteiger partial charge >= 0.3 is 0 Å². The summed E-state index contributed by atoms with van der Waals surface area (Å²) in [5.41, 5.74) is 1.38. The van der Waals surface area contributed by atoms with Crippen molar-refractivity contribution in [3.63, 3.8) is 0 Å². The maximum absolute atomic E-state index is 2.39. The van der Waals surface area contributed by atoms with Gasteiger partial charge in [0.1, 0.15) is 0 Å². The first-order valence-electron chi connectivity index (χ1n) is 5.82. The molecule has 0 aliphatic carbocycles. The predicted octanol–water partition coefficient (Wildman–Crippen LogP) is 4.04. The lowest BCUT2D eigenvalue weighted by Crippen LogP contribution is -2.09. The van der Waals surface area contributed by atoms with E-state index in [1.807, 2.05) is 0 Å². The van der Waals surface area contributed by atoms with Crippen molar-refractivity contribution in [2.45, 2.75) is 13.8 Å². The molecule has 0 aliphatic heterocycles. The summed E-state index contributed by atoms with van der Waals surface area (Å²) in [5.74, 6) is 2.39. The van der Waals surface area contributed by atoms with Crippen molar-refractivity contribution in [1.29, 1.82) is 0 Å². The SMILES string of the molecule is CC(C)=CP(c1ccccc1)c1ccccc1. The van der Waals surface area contributed by atoms with Crippen molar-refractivity contribution < 1.29 is 0 Å². The number of benzene rings is 2. The molecule has 0 nitrogen and oxygen atoms in total. The van der Waals surface area contributed by atoms with E-state index in [9.17, 15) is 0 Å². The van der Waals surface area contributed by atoms with Crippen molar-refractivity contribution in [1.82, 2.24) is 0 Å². The highest BCUT2D eigenvalue weighted by molar-refractivity contribution is 7.75. The number of hydrogen-bond donors (Lipinski definition) is 0. The van der Waals surface area contributed by atoms with E-state index in [0.29, 0.717) is 0 Å². The molecule has 0 saturated heterocycles. The Kier molecular flexibility index (Phi) is 4.12. The van der Waals surface area contributed by atoms with Crippen LogP contribution in [0.4, 0.5) is 0 Å². The summed E-state index contributed by atoms with van der Waals surface area (Å²) in [5, 5.41) is 2.82. The van der Waals surface area contributed by atoms with Crippen LogP contribution in [-0.2, 0) is 0 Å². The quantitative estimate of drug-likeness (QED) is 0.710. The van der Waals surface area contributed by atoms with Crippen LogP contribution in [0.1, 0.15) is 13.8 Å². The molecular formula is C16H17P. The van der Waals surface area contributed by atoms with Crippen LogP contribution >= 0.6 is 7.92 Å². The highest BCUT2D eigenvalue weighted by Gasteiger charge is 2.09. The van der Waals surface area contributed by atoms with E-state index in [-0.39, 0.29) is 7.92 Å². The van der Waals surface area contributed by atoms with E-state index >= 15 is 0 Å². The van der Waals surface area contributed by atoms with Crippen LogP contribution < -0.4 is 10.6 Å². The first-order valence-corrected chi connectivity index (χ1v) is 7.23. The number of allylic oxidation sites excluding steroid dienone is 1. The molecule has 0 bridgehead atoms. The molecule has 0 fully saturated rings. The monoisotopic (exact) mass is 240 g/mol. The minimum atomic E-state index is -0.352. The second-order valence-electron chi connectivity index (χ2n) is 4.25. The van der Waals surface area contributed by atoms with Crippen LogP contribution in [0.15, 0.2) is 72.1 Å². The van der Waals surface area contributed by atoms with Gasteiger partial charge in [-0.2, -0.15) is 0 Å². The molecule has 17 heavy (non-hydrogen) atoms. The first-order chi connectivity index (χ1) is 8.27. The lowest BCUT2D eigenvalue weighted by Gasteiger charge is -2.15. The van der Waals surface area contributed by atoms with Crippen molar-refractivity contribution >= 4 is 18.5 Å². The fourth-order valence-corrected chi connectivity index (χ4v) is 3.83. The molecule has 2 aromatic carbocycles. The van der Waals surface area contributed by atoms with Gasteiger partial charge in [-0.05, 0) is 32.4 Å². The summed E-state index contributed by atoms with van der Waals surface area (Å²) in [7, 11) is -0.352. The largest absolute Gasteiger partial charge is 0.0753 e. The van der Waals surface area contributed by atoms with Crippen molar-refractivity contribution in [3.8, 4) is 0 Å². The third-order valence-corrected chi connectivity index (χ3v) is 4.94. The Hall–Kier alpha value is -1.39. The molecule has 0 aromatic heterocycles. The molecular weight excluding hydrogens is 223 g/mol. The second-order valence-corrected chi connectivity index (χ2v) is 6.28. The zero-order chi connectivity index (χ0) is 12.1. The zero-order valence-corrected chi connectivity index (χ0v) is 11.2. The highest BCUT2D eigenvalue weighted by atomic mass is 31.1. The molecule has 0 amide bonds. The average molecular weight is 240 g/mol. The van der Waals surface area contributed by atoms with Gasteiger partial charge in [-0.3, -0.25) is 0 Å².